The number of hydrogen-bond acceptors (Lipinski definition) is 6. The number of alkyl halides is 2. The average molecular weight is 618 g/mol. The Kier molecular flexibility index (Phi) is 10.9. The van der Waals surface area contributed by atoms with E-state index in [1.54, 1.807) is 57.0 Å². The van der Waals surface area contributed by atoms with Crippen LogP contribution in [0.4, 0.5) is 19.3 Å². The number of hydrazone groups is 1. The lowest BCUT2D eigenvalue weighted by Crippen LogP contribution is -2.50. The van der Waals surface area contributed by atoms with Gasteiger partial charge in [-0.15, -0.1) is 4.99 Å². The topological polar surface area (TPSA) is 134 Å². The van der Waals surface area contributed by atoms with Crippen molar-refractivity contribution in [2.75, 3.05) is 25.0 Å². The molecule has 3 rings (SSSR count). The summed E-state index contributed by atoms with van der Waals surface area (Å²) in [6.07, 6.45) is 0.541. The van der Waals surface area contributed by atoms with E-state index in [0.717, 1.165) is 5.56 Å². The van der Waals surface area contributed by atoms with Crippen LogP contribution in [0.1, 0.15) is 45.2 Å². The number of nitrogens with zero attached hydrogens (tertiary/aromatic N) is 6. The Labute approximate surface area is 254 Å². The number of carboxylic acid groups (broad SMARTS) is 1. The molecule has 1 heterocycles. The van der Waals surface area contributed by atoms with E-state index in [-0.39, 0.29) is 43.7 Å². The van der Waals surface area contributed by atoms with Crippen LogP contribution in [-0.2, 0) is 4.79 Å². The summed E-state index contributed by atoms with van der Waals surface area (Å²) in [5.74, 6) is -0.382. The molecule has 11 nitrogen and oxygen atoms in total. The summed E-state index contributed by atoms with van der Waals surface area (Å²) in [6, 6.07) is 10.5. The van der Waals surface area contributed by atoms with Crippen molar-refractivity contribution in [3.8, 4) is 11.9 Å². The molecule has 14 heteroatoms. The van der Waals surface area contributed by atoms with Gasteiger partial charge in [-0.1, -0.05) is 23.7 Å². The Balaban J connectivity index is 1.96. The van der Waals surface area contributed by atoms with Crippen molar-refractivity contribution in [2.24, 2.45) is 10.1 Å². The number of carbonyl (C=O) groups is 2. The molecule has 0 unspecified atom stereocenters. The summed E-state index contributed by atoms with van der Waals surface area (Å²) in [4.78, 5) is 32.1. The maximum atomic E-state index is 13.6. The maximum absolute atomic E-state index is 13.6. The number of guanidine groups is 1. The van der Waals surface area contributed by atoms with Crippen LogP contribution in [0.3, 0.4) is 0 Å². The van der Waals surface area contributed by atoms with Crippen molar-refractivity contribution in [2.45, 2.75) is 59.2 Å². The first-order valence-electron chi connectivity index (χ1n) is 13.5. The van der Waals surface area contributed by atoms with E-state index < -0.39 is 24.3 Å². The molecule has 1 aliphatic heterocycles. The van der Waals surface area contributed by atoms with Crippen molar-refractivity contribution >= 4 is 41.0 Å². The Morgan fingerprint density at radius 2 is 2.02 bits per heavy atom. The van der Waals surface area contributed by atoms with Crippen molar-refractivity contribution in [1.29, 1.82) is 5.26 Å². The van der Waals surface area contributed by atoms with Gasteiger partial charge in [0.25, 0.3) is 0 Å². The number of hydrogen-bond donors (Lipinski definition) is 2. The molecule has 0 aromatic heterocycles. The predicted molar refractivity (Wildman–Crippen MR) is 159 cm³/mol. The Hall–Kier alpha value is -4.44. The molecule has 0 saturated heterocycles. The summed E-state index contributed by atoms with van der Waals surface area (Å²) in [6.45, 7) is 6.27. The minimum atomic E-state index is -3.01. The molecule has 0 fully saturated rings. The van der Waals surface area contributed by atoms with Crippen LogP contribution in [-0.4, -0.2) is 81.4 Å². The SMILES string of the molecule is CCN(C(=O)CCN(C(=O)O)C(C)(C)C)[C@H]1CN(C(=NC#N)Nc2cccc(OC(F)F)c2)N=C1c1ccc(Cl)c(C)c1. The summed E-state index contributed by atoms with van der Waals surface area (Å²) in [7, 11) is 0. The van der Waals surface area contributed by atoms with E-state index in [4.69, 9.17) is 16.7 Å². The molecule has 230 valence electrons. The van der Waals surface area contributed by atoms with Gasteiger partial charge in [-0.25, -0.2) is 9.80 Å². The van der Waals surface area contributed by atoms with E-state index in [1.807, 2.05) is 13.0 Å². The average Bonchev–Trinajstić information content (AvgIpc) is 3.34. The number of anilines is 1. The van der Waals surface area contributed by atoms with Crippen LogP contribution in [0, 0.1) is 18.4 Å². The number of rotatable bonds is 9. The molecule has 1 aliphatic rings. The third-order valence-electron chi connectivity index (χ3n) is 6.69. The fourth-order valence-electron chi connectivity index (χ4n) is 4.64. The van der Waals surface area contributed by atoms with E-state index >= 15 is 0 Å². The highest BCUT2D eigenvalue weighted by atomic mass is 35.5. The second-order valence-electron chi connectivity index (χ2n) is 10.6. The first-order chi connectivity index (χ1) is 20.2. The van der Waals surface area contributed by atoms with Gasteiger partial charge in [-0.3, -0.25) is 4.79 Å². The molecule has 0 bridgehead atoms. The van der Waals surface area contributed by atoms with Crippen LogP contribution in [0.5, 0.6) is 5.75 Å². The first kappa shape index (κ1) is 33.1. The van der Waals surface area contributed by atoms with Crippen molar-refractivity contribution in [3.63, 3.8) is 0 Å². The molecule has 2 aromatic carbocycles. The summed E-state index contributed by atoms with van der Waals surface area (Å²) >= 11 is 6.26. The molecule has 1 atom stereocenters. The summed E-state index contributed by atoms with van der Waals surface area (Å²) in [5, 5.41) is 28.7. The number of benzene rings is 2. The van der Waals surface area contributed by atoms with Crippen LogP contribution in [0.15, 0.2) is 52.6 Å². The lowest BCUT2D eigenvalue weighted by Gasteiger charge is -2.34. The summed E-state index contributed by atoms with van der Waals surface area (Å²) in [5.41, 5.74) is 1.59. The second kappa shape index (κ2) is 14.2. The number of carbonyl (C=O) groups excluding carboxylic acids is 1. The number of aliphatic imine (C=N–C) groups is 1. The highest BCUT2D eigenvalue weighted by Gasteiger charge is 2.37. The fourth-order valence-corrected chi connectivity index (χ4v) is 4.76. The van der Waals surface area contributed by atoms with Gasteiger partial charge in [-0.2, -0.15) is 19.1 Å². The molecule has 43 heavy (non-hydrogen) atoms. The highest BCUT2D eigenvalue weighted by Crippen LogP contribution is 2.26. The van der Waals surface area contributed by atoms with Crippen LogP contribution >= 0.6 is 11.6 Å². The normalized spacial score (nSPS) is 15.2. The van der Waals surface area contributed by atoms with Gasteiger partial charge in [0.2, 0.25) is 18.1 Å². The fraction of sp³-hybridized carbons (Fsp3) is 0.414. The quantitative estimate of drug-likeness (QED) is 0.212. The van der Waals surface area contributed by atoms with E-state index in [1.165, 1.54) is 28.1 Å². The van der Waals surface area contributed by atoms with Gasteiger partial charge >= 0.3 is 12.7 Å². The van der Waals surface area contributed by atoms with Crippen molar-refractivity contribution in [3.05, 3.63) is 58.6 Å². The molecule has 2 amide bonds. The van der Waals surface area contributed by atoms with Gasteiger partial charge in [0.05, 0.1) is 18.3 Å². The number of nitriles is 1. The van der Waals surface area contributed by atoms with E-state index in [9.17, 15) is 28.7 Å². The monoisotopic (exact) mass is 617 g/mol. The zero-order valence-electron chi connectivity index (χ0n) is 24.5. The van der Waals surface area contributed by atoms with Gasteiger partial charge < -0.3 is 25.0 Å². The van der Waals surface area contributed by atoms with Gasteiger partial charge in [0, 0.05) is 47.4 Å². The minimum Gasteiger partial charge on any atom is -0.465 e. The van der Waals surface area contributed by atoms with Crippen LogP contribution in [0.2, 0.25) is 5.02 Å². The smallest absolute Gasteiger partial charge is 0.407 e. The van der Waals surface area contributed by atoms with Gasteiger partial charge in [0.15, 0.2) is 0 Å². The number of ether oxygens (including phenoxy) is 1. The van der Waals surface area contributed by atoms with Gasteiger partial charge in [-0.05, 0) is 64.4 Å². The third kappa shape index (κ3) is 8.54. The van der Waals surface area contributed by atoms with Crippen LogP contribution in [0.25, 0.3) is 0 Å². The van der Waals surface area contributed by atoms with Crippen LogP contribution < -0.4 is 10.1 Å². The minimum absolute atomic E-state index is 0.00312. The second-order valence-corrected chi connectivity index (χ2v) is 11.1. The molecule has 0 radical (unpaired) electrons. The zero-order valence-corrected chi connectivity index (χ0v) is 25.3. The Morgan fingerprint density at radius 1 is 1.30 bits per heavy atom. The number of amides is 2. The molecule has 0 saturated carbocycles. The molecule has 0 aliphatic carbocycles. The third-order valence-corrected chi connectivity index (χ3v) is 7.11. The predicted octanol–water partition coefficient (Wildman–Crippen LogP) is 5.60. The molecular weight excluding hydrogens is 584 g/mol. The lowest BCUT2D eigenvalue weighted by atomic mass is 10.00. The number of nitrogens with one attached hydrogen (secondary N) is 1. The maximum Gasteiger partial charge on any atom is 0.407 e. The highest BCUT2D eigenvalue weighted by molar-refractivity contribution is 6.31. The molecule has 0 spiro atoms. The van der Waals surface area contributed by atoms with Gasteiger partial charge in [0.1, 0.15) is 5.75 Å². The van der Waals surface area contributed by atoms with E-state index in [0.29, 0.717) is 22.0 Å². The molecule has 2 N–H and O–H groups in total. The van der Waals surface area contributed by atoms with E-state index in [2.05, 4.69) is 15.0 Å². The molecular formula is C29H34ClF2N7O4. The van der Waals surface area contributed by atoms with Crippen molar-refractivity contribution < 1.29 is 28.2 Å². The number of halogens is 3. The Morgan fingerprint density at radius 3 is 2.60 bits per heavy atom. The summed E-state index contributed by atoms with van der Waals surface area (Å²) < 4.78 is 30.0. The zero-order chi connectivity index (χ0) is 31.9. The first-order valence-corrected chi connectivity index (χ1v) is 13.8. The lowest BCUT2D eigenvalue weighted by molar-refractivity contribution is -0.132. The number of likely N-dealkylation sites (N-methyl/N-ethyl adjacent to an activating group) is 1. The molecule has 2 aromatic rings. The standard InChI is InChI=1S/C29H34ClF2N7O4/c1-6-37(24(40)12-13-38(28(41)42)29(3,4)5)23-16-39(36-25(23)19-10-11-22(30)18(2)14-19)27(34-17-33)35-20-8-7-9-21(15-20)43-26(31)32/h7-11,14-15,23,26H,6,12-13,16H2,1-5H3,(H,34,35)(H,41,42)/t23-/m0/s1. The largest absolute Gasteiger partial charge is 0.465 e. The Bertz CT molecular complexity index is 1440. The number of aryl methyl sites for hydroxylation is 1. The van der Waals surface area contributed by atoms with Crippen molar-refractivity contribution in [1.82, 2.24) is 14.8 Å².